The molecule has 2 aromatic carbocycles. The molecule has 0 bridgehead atoms. The zero-order chi connectivity index (χ0) is 16.1. The van der Waals surface area contributed by atoms with Crippen LogP contribution < -0.4 is 10.1 Å². The van der Waals surface area contributed by atoms with Crippen LogP contribution in [-0.4, -0.2) is 18.3 Å². The molecule has 23 heavy (non-hydrogen) atoms. The number of benzene rings is 2. The van der Waals surface area contributed by atoms with Crippen molar-refractivity contribution in [3.63, 3.8) is 0 Å². The molecule has 0 spiro atoms. The lowest BCUT2D eigenvalue weighted by Gasteiger charge is -2.26. The van der Waals surface area contributed by atoms with Crippen LogP contribution in [0.4, 0.5) is 0 Å². The van der Waals surface area contributed by atoms with Crippen LogP contribution in [0.2, 0.25) is 5.02 Å². The van der Waals surface area contributed by atoms with Gasteiger partial charge in [0.2, 0.25) is 5.91 Å². The normalized spacial score (nSPS) is 16.3. The maximum absolute atomic E-state index is 12.2. The SMILES string of the molecule is O=C(CSCc1cccc(Cl)c1)NC1CCOc2ccccc21. The third kappa shape index (κ3) is 4.43. The van der Waals surface area contributed by atoms with Gasteiger partial charge in [-0.1, -0.05) is 41.9 Å². The largest absolute Gasteiger partial charge is 0.493 e. The molecule has 120 valence electrons. The van der Waals surface area contributed by atoms with Crippen molar-refractivity contribution in [1.82, 2.24) is 5.32 Å². The summed E-state index contributed by atoms with van der Waals surface area (Å²) < 4.78 is 5.62. The molecule has 1 amide bonds. The van der Waals surface area contributed by atoms with Gasteiger partial charge in [0.1, 0.15) is 5.75 Å². The van der Waals surface area contributed by atoms with E-state index < -0.39 is 0 Å². The number of hydrogen-bond acceptors (Lipinski definition) is 3. The predicted octanol–water partition coefficient (Wildman–Crippen LogP) is 4.21. The number of hydrogen-bond donors (Lipinski definition) is 1. The van der Waals surface area contributed by atoms with Gasteiger partial charge in [0.05, 0.1) is 18.4 Å². The van der Waals surface area contributed by atoms with Crippen molar-refractivity contribution in [1.29, 1.82) is 0 Å². The quantitative estimate of drug-likeness (QED) is 0.880. The summed E-state index contributed by atoms with van der Waals surface area (Å²) in [6.07, 6.45) is 0.807. The van der Waals surface area contributed by atoms with Gasteiger partial charge in [0, 0.05) is 22.8 Å². The van der Waals surface area contributed by atoms with Crippen molar-refractivity contribution in [2.45, 2.75) is 18.2 Å². The fraction of sp³-hybridized carbons (Fsp3) is 0.278. The number of ether oxygens (including phenoxy) is 1. The Balaban J connectivity index is 1.50. The van der Waals surface area contributed by atoms with Crippen LogP contribution in [0.1, 0.15) is 23.6 Å². The summed E-state index contributed by atoms with van der Waals surface area (Å²) in [5.74, 6) is 2.14. The number of fused-ring (bicyclic) bond motifs is 1. The lowest BCUT2D eigenvalue weighted by Crippen LogP contribution is -2.33. The predicted molar refractivity (Wildman–Crippen MR) is 95.1 cm³/mol. The fourth-order valence-electron chi connectivity index (χ4n) is 2.62. The van der Waals surface area contributed by atoms with E-state index in [2.05, 4.69) is 5.32 Å². The summed E-state index contributed by atoms with van der Waals surface area (Å²) in [4.78, 5) is 12.2. The molecular formula is C18H18ClNO2S. The number of thioether (sulfide) groups is 1. The Morgan fingerprint density at radius 2 is 2.13 bits per heavy atom. The van der Waals surface area contributed by atoms with E-state index in [1.54, 1.807) is 11.8 Å². The summed E-state index contributed by atoms with van der Waals surface area (Å²) in [6, 6.07) is 15.7. The van der Waals surface area contributed by atoms with Gasteiger partial charge in [0.15, 0.2) is 0 Å². The smallest absolute Gasteiger partial charge is 0.230 e. The summed E-state index contributed by atoms with van der Waals surface area (Å²) in [7, 11) is 0. The zero-order valence-corrected chi connectivity index (χ0v) is 14.2. The minimum absolute atomic E-state index is 0.0409. The van der Waals surface area contributed by atoms with E-state index in [1.165, 1.54) is 0 Å². The van der Waals surface area contributed by atoms with Crippen LogP contribution in [0.25, 0.3) is 0 Å². The molecule has 3 rings (SSSR count). The molecule has 1 unspecified atom stereocenters. The number of para-hydroxylation sites is 1. The first-order chi connectivity index (χ1) is 11.2. The molecule has 1 aliphatic rings. The zero-order valence-electron chi connectivity index (χ0n) is 12.6. The van der Waals surface area contributed by atoms with Crippen molar-refractivity contribution in [3.8, 4) is 5.75 Å². The van der Waals surface area contributed by atoms with Crippen molar-refractivity contribution in [2.24, 2.45) is 0 Å². The molecule has 0 saturated carbocycles. The first-order valence-corrected chi connectivity index (χ1v) is 9.09. The van der Waals surface area contributed by atoms with Gasteiger partial charge < -0.3 is 10.1 Å². The Bertz CT molecular complexity index is 692. The summed E-state index contributed by atoms with van der Waals surface area (Å²) in [6.45, 7) is 0.637. The lowest BCUT2D eigenvalue weighted by molar-refractivity contribution is -0.119. The highest BCUT2D eigenvalue weighted by atomic mass is 35.5. The van der Waals surface area contributed by atoms with Gasteiger partial charge in [-0.2, -0.15) is 0 Å². The number of halogens is 1. The van der Waals surface area contributed by atoms with Gasteiger partial charge in [-0.15, -0.1) is 11.8 Å². The highest BCUT2D eigenvalue weighted by Gasteiger charge is 2.22. The van der Waals surface area contributed by atoms with Gasteiger partial charge in [0.25, 0.3) is 0 Å². The number of amides is 1. The summed E-state index contributed by atoms with van der Waals surface area (Å²) in [5.41, 5.74) is 2.19. The van der Waals surface area contributed by atoms with Crippen LogP contribution in [0.5, 0.6) is 5.75 Å². The standard InChI is InChI=1S/C18H18ClNO2S/c19-14-5-3-4-13(10-14)11-23-12-18(21)20-16-8-9-22-17-7-2-1-6-15(16)17/h1-7,10,16H,8-9,11-12H2,(H,20,21). The number of nitrogens with one attached hydrogen (secondary N) is 1. The highest BCUT2D eigenvalue weighted by Crippen LogP contribution is 2.31. The molecule has 2 aromatic rings. The monoisotopic (exact) mass is 347 g/mol. The molecule has 5 heteroatoms. The maximum atomic E-state index is 12.2. The molecule has 0 fully saturated rings. The highest BCUT2D eigenvalue weighted by molar-refractivity contribution is 7.99. The molecule has 1 aliphatic heterocycles. The van der Waals surface area contributed by atoms with E-state index in [4.69, 9.17) is 16.3 Å². The van der Waals surface area contributed by atoms with Crippen LogP contribution >= 0.6 is 23.4 Å². The molecule has 0 aliphatic carbocycles. The number of carbonyl (C=O) groups is 1. The average Bonchev–Trinajstić information content (AvgIpc) is 2.55. The van der Waals surface area contributed by atoms with Gasteiger partial charge in [-0.25, -0.2) is 0 Å². The fourth-order valence-corrected chi connectivity index (χ4v) is 3.62. The Morgan fingerprint density at radius 1 is 1.26 bits per heavy atom. The maximum Gasteiger partial charge on any atom is 0.230 e. The minimum Gasteiger partial charge on any atom is -0.493 e. The number of carbonyl (C=O) groups excluding carboxylic acids is 1. The number of rotatable bonds is 5. The molecule has 0 radical (unpaired) electrons. The topological polar surface area (TPSA) is 38.3 Å². The Hall–Kier alpha value is -1.65. The molecule has 1 atom stereocenters. The molecular weight excluding hydrogens is 330 g/mol. The van der Waals surface area contributed by atoms with E-state index in [-0.39, 0.29) is 11.9 Å². The van der Waals surface area contributed by atoms with E-state index in [9.17, 15) is 4.79 Å². The molecule has 1 heterocycles. The summed E-state index contributed by atoms with van der Waals surface area (Å²) >= 11 is 7.55. The Morgan fingerprint density at radius 3 is 3.00 bits per heavy atom. The third-order valence-electron chi connectivity index (χ3n) is 3.68. The van der Waals surface area contributed by atoms with Gasteiger partial charge in [-0.05, 0) is 23.8 Å². The molecule has 0 saturated heterocycles. The lowest BCUT2D eigenvalue weighted by atomic mass is 10.0. The average molecular weight is 348 g/mol. The van der Waals surface area contributed by atoms with Crippen molar-refractivity contribution < 1.29 is 9.53 Å². The van der Waals surface area contributed by atoms with Crippen LogP contribution in [0, 0.1) is 0 Å². The first kappa shape index (κ1) is 16.2. The molecule has 3 nitrogen and oxygen atoms in total. The van der Waals surface area contributed by atoms with Crippen LogP contribution in [0.15, 0.2) is 48.5 Å². The molecule has 0 aromatic heterocycles. The minimum atomic E-state index is 0.0409. The van der Waals surface area contributed by atoms with Crippen LogP contribution in [-0.2, 0) is 10.5 Å². The first-order valence-electron chi connectivity index (χ1n) is 7.55. The van der Waals surface area contributed by atoms with E-state index in [1.807, 2.05) is 48.5 Å². The van der Waals surface area contributed by atoms with Crippen molar-refractivity contribution in [2.75, 3.05) is 12.4 Å². The second-order valence-corrected chi connectivity index (χ2v) is 6.84. The second-order valence-electron chi connectivity index (χ2n) is 5.42. The van der Waals surface area contributed by atoms with Crippen LogP contribution in [0.3, 0.4) is 0 Å². The van der Waals surface area contributed by atoms with Crippen molar-refractivity contribution >= 4 is 29.3 Å². The van der Waals surface area contributed by atoms with Crippen molar-refractivity contribution in [3.05, 3.63) is 64.7 Å². The summed E-state index contributed by atoms with van der Waals surface area (Å²) in [5, 5.41) is 3.83. The molecule has 1 N–H and O–H groups in total. The van der Waals surface area contributed by atoms with E-state index >= 15 is 0 Å². The van der Waals surface area contributed by atoms with E-state index in [0.717, 1.165) is 34.1 Å². The van der Waals surface area contributed by atoms with Gasteiger partial charge in [-0.3, -0.25) is 4.79 Å². The Labute approximate surface area is 145 Å². The Kier molecular flexibility index (Phi) is 5.47. The third-order valence-corrected chi connectivity index (χ3v) is 4.92. The van der Waals surface area contributed by atoms with E-state index in [0.29, 0.717) is 12.4 Å². The second kappa shape index (κ2) is 7.75. The van der Waals surface area contributed by atoms with Gasteiger partial charge >= 0.3 is 0 Å².